The Morgan fingerprint density at radius 3 is 2.47 bits per heavy atom. The zero-order chi connectivity index (χ0) is 12.3. The maximum atomic E-state index is 5.35. The van der Waals surface area contributed by atoms with Gasteiger partial charge in [-0.15, -0.1) is 0 Å². The summed E-state index contributed by atoms with van der Waals surface area (Å²) in [7, 11) is 3.35. The van der Waals surface area contributed by atoms with Gasteiger partial charge >= 0.3 is 0 Å². The molecule has 1 atom stereocenters. The lowest BCUT2D eigenvalue weighted by Crippen LogP contribution is -2.22. The summed E-state index contributed by atoms with van der Waals surface area (Å²) in [6.45, 7) is 3.14. The predicted octanol–water partition coefficient (Wildman–Crippen LogP) is 2.76. The lowest BCUT2D eigenvalue weighted by Gasteiger charge is -2.19. The second-order valence-electron chi connectivity index (χ2n) is 4.49. The van der Waals surface area contributed by atoms with Gasteiger partial charge in [0.1, 0.15) is 0 Å². The molecule has 1 aliphatic carbocycles. The van der Waals surface area contributed by atoms with Crippen molar-refractivity contribution in [2.75, 3.05) is 20.8 Å². The lowest BCUT2D eigenvalue weighted by molar-refractivity contribution is 0.353. The van der Waals surface area contributed by atoms with E-state index in [1.807, 2.05) is 6.07 Å². The van der Waals surface area contributed by atoms with E-state index in [-0.39, 0.29) is 0 Å². The first kappa shape index (κ1) is 12.2. The Morgan fingerprint density at radius 2 is 1.94 bits per heavy atom. The van der Waals surface area contributed by atoms with Crippen LogP contribution in [-0.2, 0) is 0 Å². The number of ether oxygens (including phenoxy) is 2. The summed E-state index contributed by atoms with van der Waals surface area (Å²) in [4.78, 5) is 0. The Hall–Kier alpha value is -1.22. The quantitative estimate of drug-likeness (QED) is 0.822. The van der Waals surface area contributed by atoms with Crippen LogP contribution in [0.15, 0.2) is 18.2 Å². The molecule has 1 saturated carbocycles. The molecule has 1 fully saturated rings. The Kier molecular flexibility index (Phi) is 3.89. The first-order valence-corrected chi connectivity index (χ1v) is 6.25. The fourth-order valence-corrected chi connectivity index (χ4v) is 2.25. The molecule has 0 amide bonds. The highest BCUT2D eigenvalue weighted by Crippen LogP contribution is 2.42. The third kappa shape index (κ3) is 2.72. The highest BCUT2D eigenvalue weighted by atomic mass is 16.5. The van der Waals surface area contributed by atoms with E-state index in [9.17, 15) is 0 Å². The van der Waals surface area contributed by atoms with Crippen molar-refractivity contribution in [2.24, 2.45) is 5.92 Å². The van der Waals surface area contributed by atoms with Crippen LogP contribution in [0.1, 0.15) is 31.4 Å². The molecule has 0 heterocycles. The van der Waals surface area contributed by atoms with Crippen molar-refractivity contribution in [1.29, 1.82) is 0 Å². The van der Waals surface area contributed by atoms with Gasteiger partial charge in [-0.2, -0.15) is 0 Å². The molecule has 0 aliphatic heterocycles. The van der Waals surface area contributed by atoms with E-state index in [2.05, 4.69) is 24.4 Å². The zero-order valence-corrected chi connectivity index (χ0v) is 10.8. The largest absolute Gasteiger partial charge is 0.493 e. The van der Waals surface area contributed by atoms with E-state index >= 15 is 0 Å². The van der Waals surface area contributed by atoms with Gasteiger partial charge in [0, 0.05) is 6.04 Å². The van der Waals surface area contributed by atoms with E-state index in [1.165, 1.54) is 18.4 Å². The molecule has 1 aliphatic rings. The van der Waals surface area contributed by atoms with Crippen LogP contribution in [0.3, 0.4) is 0 Å². The Labute approximate surface area is 103 Å². The molecule has 3 nitrogen and oxygen atoms in total. The van der Waals surface area contributed by atoms with E-state index in [0.717, 1.165) is 24.0 Å². The van der Waals surface area contributed by atoms with Crippen LogP contribution in [0.4, 0.5) is 0 Å². The van der Waals surface area contributed by atoms with Crippen LogP contribution in [0.5, 0.6) is 11.5 Å². The molecule has 94 valence electrons. The SMILES string of the molecule is CCNC(c1ccc(OC)c(OC)c1)C1CC1. The van der Waals surface area contributed by atoms with Gasteiger partial charge in [0.15, 0.2) is 11.5 Å². The van der Waals surface area contributed by atoms with Gasteiger partial charge in [-0.3, -0.25) is 0 Å². The maximum Gasteiger partial charge on any atom is 0.161 e. The number of rotatable bonds is 6. The van der Waals surface area contributed by atoms with Crippen LogP contribution in [0.25, 0.3) is 0 Å². The summed E-state index contributed by atoms with van der Waals surface area (Å²) in [5.41, 5.74) is 1.30. The Morgan fingerprint density at radius 1 is 1.24 bits per heavy atom. The fraction of sp³-hybridized carbons (Fsp3) is 0.571. The van der Waals surface area contributed by atoms with Gasteiger partial charge < -0.3 is 14.8 Å². The van der Waals surface area contributed by atoms with Crippen molar-refractivity contribution < 1.29 is 9.47 Å². The Balaban J connectivity index is 2.24. The zero-order valence-electron chi connectivity index (χ0n) is 10.8. The van der Waals surface area contributed by atoms with Crippen LogP contribution in [0, 0.1) is 5.92 Å². The molecular formula is C14H21NO2. The van der Waals surface area contributed by atoms with Crippen molar-refractivity contribution in [1.82, 2.24) is 5.32 Å². The molecule has 2 rings (SSSR count). The van der Waals surface area contributed by atoms with Gasteiger partial charge in [-0.1, -0.05) is 13.0 Å². The molecule has 1 N–H and O–H groups in total. The fourth-order valence-electron chi connectivity index (χ4n) is 2.25. The van der Waals surface area contributed by atoms with E-state index in [0.29, 0.717) is 6.04 Å². The van der Waals surface area contributed by atoms with Gasteiger partial charge in [-0.05, 0) is 43.0 Å². The summed E-state index contributed by atoms with van der Waals surface area (Å²) in [6.07, 6.45) is 2.65. The molecule has 3 heteroatoms. The van der Waals surface area contributed by atoms with Crippen molar-refractivity contribution in [2.45, 2.75) is 25.8 Å². The van der Waals surface area contributed by atoms with Crippen molar-refractivity contribution >= 4 is 0 Å². The standard InChI is InChI=1S/C14H21NO2/c1-4-15-14(10-5-6-10)11-7-8-12(16-2)13(9-11)17-3/h7-10,14-15H,4-6H2,1-3H3. The van der Waals surface area contributed by atoms with Crippen molar-refractivity contribution in [3.63, 3.8) is 0 Å². The third-order valence-electron chi connectivity index (χ3n) is 3.28. The van der Waals surface area contributed by atoms with Gasteiger partial charge in [0.05, 0.1) is 14.2 Å². The molecule has 0 saturated heterocycles. The lowest BCUT2D eigenvalue weighted by atomic mass is 10.0. The minimum absolute atomic E-state index is 0.458. The van der Waals surface area contributed by atoms with Gasteiger partial charge in [0.2, 0.25) is 0 Å². The topological polar surface area (TPSA) is 30.5 Å². The average molecular weight is 235 g/mol. The maximum absolute atomic E-state index is 5.35. The minimum Gasteiger partial charge on any atom is -0.493 e. The van der Waals surface area contributed by atoms with Crippen LogP contribution < -0.4 is 14.8 Å². The summed E-state index contributed by atoms with van der Waals surface area (Å²) in [5, 5.41) is 3.55. The number of nitrogens with one attached hydrogen (secondary N) is 1. The average Bonchev–Trinajstić information content (AvgIpc) is 3.19. The highest BCUT2D eigenvalue weighted by Gasteiger charge is 2.32. The number of hydrogen-bond acceptors (Lipinski definition) is 3. The summed E-state index contributed by atoms with van der Waals surface area (Å²) >= 11 is 0. The minimum atomic E-state index is 0.458. The summed E-state index contributed by atoms with van der Waals surface area (Å²) in [5.74, 6) is 2.39. The van der Waals surface area contributed by atoms with E-state index in [4.69, 9.17) is 9.47 Å². The number of hydrogen-bond donors (Lipinski definition) is 1. The molecule has 0 aromatic heterocycles. The Bertz CT molecular complexity index is 374. The smallest absolute Gasteiger partial charge is 0.161 e. The van der Waals surface area contributed by atoms with Crippen LogP contribution >= 0.6 is 0 Å². The third-order valence-corrected chi connectivity index (χ3v) is 3.28. The monoisotopic (exact) mass is 235 g/mol. The predicted molar refractivity (Wildman–Crippen MR) is 68.7 cm³/mol. The van der Waals surface area contributed by atoms with Crippen LogP contribution in [0.2, 0.25) is 0 Å². The first-order chi connectivity index (χ1) is 8.30. The molecule has 0 spiro atoms. The molecule has 1 unspecified atom stereocenters. The number of methoxy groups -OCH3 is 2. The highest BCUT2D eigenvalue weighted by molar-refractivity contribution is 5.44. The van der Waals surface area contributed by atoms with Gasteiger partial charge in [-0.25, -0.2) is 0 Å². The molecular weight excluding hydrogens is 214 g/mol. The summed E-state index contributed by atoms with van der Waals surface area (Å²) < 4.78 is 10.6. The number of benzene rings is 1. The second-order valence-corrected chi connectivity index (χ2v) is 4.49. The molecule has 1 aromatic carbocycles. The van der Waals surface area contributed by atoms with E-state index < -0.39 is 0 Å². The van der Waals surface area contributed by atoms with E-state index in [1.54, 1.807) is 14.2 Å². The molecule has 1 aromatic rings. The van der Waals surface area contributed by atoms with Crippen LogP contribution in [-0.4, -0.2) is 20.8 Å². The molecule has 0 radical (unpaired) electrons. The first-order valence-electron chi connectivity index (χ1n) is 6.25. The normalized spacial score (nSPS) is 16.6. The van der Waals surface area contributed by atoms with Crippen molar-refractivity contribution in [3.8, 4) is 11.5 Å². The molecule has 17 heavy (non-hydrogen) atoms. The summed E-state index contributed by atoms with van der Waals surface area (Å²) in [6, 6.07) is 6.66. The van der Waals surface area contributed by atoms with Crippen molar-refractivity contribution in [3.05, 3.63) is 23.8 Å². The van der Waals surface area contributed by atoms with Gasteiger partial charge in [0.25, 0.3) is 0 Å². The molecule has 0 bridgehead atoms. The second kappa shape index (κ2) is 5.41.